The maximum Gasteiger partial charge on any atom is 0.472 e. The highest BCUT2D eigenvalue weighted by molar-refractivity contribution is 7.47. The van der Waals surface area contributed by atoms with Crippen molar-refractivity contribution >= 4 is 39.5 Å². The number of carbonyl (C=O) groups is 4. The van der Waals surface area contributed by atoms with Gasteiger partial charge in [0.25, 0.3) is 0 Å². The zero-order chi connectivity index (χ0) is 66.3. The van der Waals surface area contributed by atoms with Crippen molar-refractivity contribution in [1.29, 1.82) is 0 Å². The minimum atomic E-state index is -4.95. The molecule has 0 bridgehead atoms. The van der Waals surface area contributed by atoms with Crippen LogP contribution in [0.15, 0.2) is 0 Å². The molecule has 0 saturated carbocycles. The molecule has 0 fully saturated rings. The highest BCUT2D eigenvalue weighted by atomic mass is 31.2. The van der Waals surface area contributed by atoms with Gasteiger partial charge in [0, 0.05) is 25.7 Å². The smallest absolute Gasteiger partial charge is 0.462 e. The Labute approximate surface area is 549 Å². The van der Waals surface area contributed by atoms with E-state index in [1.807, 2.05) is 0 Å². The summed E-state index contributed by atoms with van der Waals surface area (Å²) in [6, 6.07) is 0. The molecular weight excluding hydrogens is 1190 g/mol. The van der Waals surface area contributed by atoms with E-state index in [1.165, 1.54) is 180 Å². The largest absolute Gasteiger partial charge is 0.472 e. The molecule has 0 amide bonds. The van der Waals surface area contributed by atoms with Crippen molar-refractivity contribution < 1.29 is 80.2 Å². The Hall–Kier alpha value is -1.94. The van der Waals surface area contributed by atoms with Crippen LogP contribution in [0.2, 0.25) is 0 Å². The summed E-state index contributed by atoms with van der Waals surface area (Å²) in [6.07, 6.45) is 51.5. The van der Waals surface area contributed by atoms with Crippen molar-refractivity contribution in [3.8, 4) is 0 Å². The summed E-state index contributed by atoms with van der Waals surface area (Å²) in [5.41, 5.74) is 0. The third-order valence-electron chi connectivity index (χ3n) is 16.5. The van der Waals surface area contributed by atoms with E-state index in [9.17, 15) is 43.2 Å². The van der Waals surface area contributed by atoms with Crippen LogP contribution in [-0.2, 0) is 65.4 Å². The fourth-order valence-electron chi connectivity index (χ4n) is 10.8. The molecule has 2 unspecified atom stereocenters. The van der Waals surface area contributed by atoms with E-state index in [0.29, 0.717) is 25.7 Å². The lowest BCUT2D eigenvalue weighted by Crippen LogP contribution is -2.30. The van der Waals surface area contributed by atoms with E-state index >= 15 is 0 Å². The summed E-state index contributed by atoms with van der Waals surface area (Å²) in [4.78, 5) is 72.4. The monoisotopic (exact) mass is 1320 g/mol. The fourth-order valence-corrected chi connectivity index (χ4v) is 12.4. The predicted molar refractivity (Wildman–Crippen MR) is 363 cm³/mol. The average Bonchev–Trinajstić information content (AvgIpc) is 3.27. The topological polar surface area (TPSA) is 237 Å². The fraction of sp³-hybridized carbons (Fsp3) is 0.944. The van der Waals surface area contributed by atoms with Gasteiger partial charge in [-0.1, -0.05) is 317 Å². The van der Waals surface area contributed by atoms with Gasteiger partial charge in [-0.25, -0.2) is 9.13 Å². The maximum atomic E-state index is 13.0. The molecule has 0 aromatic rings. The van der Waals surface area contributed by atoms with Crippen molar-refractivity contribution in [1.82, 2.24) is 0 Å². The lowest BCUT2D eigenvalue weighted by molar-refractivity contribution is -0.161. The number of rotatable bonds is 71. The molecule has 0 spiro atoms. The van der Waals surface area contributed by atoms with E-state index in [4.69, 9.17) is 37.0 Å². The summed E-state index contributed by atoms with van der Waals surface area (Å²) in [6.45, 7) is 7.17. The van der Waals surface area contributed by atoms with E-state index in [2.05, 4.69) is 34.6 Å². The number of unbranched alkanes of at least 4 members (excludes halogenated alkanes) is 43. The number of aliphatic hydroxyl groups excluding tert-OH is 1. The molecule has 0 saturated heterocycles. The molecule has 0 aliphatic rings. The van der Waals surface area contributed by atoms with Crippen LogP contribution in [0.1, 0.15) is 369 Å². The van der Waals surface area contributed by atoms with Crippen LogP contribution in [-0.4, -0.2) is 96.7 Å². The molecule has 0 aromatic carbocycles. The Kier molecular flexibility index (Phi) is 63.0. The van der Waals surface area contributed by atoms with Gasteiger partial charge in [0.2, 0.25) is 0 Å². The van der Waals surface area contributed by atoms with Crippen LogP contribution >= 0.6 is 15.6 Å². The Morgan fingerprint density at radius 2 is 0.511 bits per heavy atom. The molecule has 5 atom stereocenters. The number of ether oxygens (including phenoxy) is 4. The van der Waals surface area contributed by atoms with E-state index in [0.717, 1.165) is 109 Å². The Morgan fingerprint density at radius 3 is 0.756 bits per heavy atom. The number of aliphatic hydroxyl groups is 1. The summed E-state index contributed by atoms with van der Waals surface area (Å²) < 4.78 is 68.2. The van der Waals surface area contributed by atoms with Crippen molar-refractivity contribution in [2.24, 2.45) is 5.92 Å². The van der Waals surface area contributed by atoms with Gasteiger partial charge >= 0.3 is 39.5 Å². The maximum absolute atomic E-state index is 13.0. The van der Waals surface area contributed by atoms with Gasteiger partial charge in [-0.05, 0) is 31.6 Å². The quantitative estimate of drug-likeness (QED) is 0.0222. The molecule has 0 heterocycles. The standard InChI is InChI=1S/C71H138O17P2/c1-6-9-12-15-18-20-22-24-26-27-28-29-31-33-35-41-46-51-56-70(75)87-67(61-82-69(74)55-50-45-40-34-32-30-25-23-21-19-16-13-10-7-2)63-86-90(79,80)84-59-65(72)58-83-89(77,78)85-62-66(60-81-68(73)54-49-44-38-17-14-11-8-3)88-71(76)57-52-47-42-37-36-39-43-48-53-64(4)5/h64-67,72H,6-63H2,1-5H3,(H,77,78)(H,79,80)/t65-,66+,67+/m0/s1. The van der Waals surface area contributed by atoms with Crippen LogP contribution in [0.3, 0.4) is 0 Å². The second kappa shape index (κ2) is 64.4. The second-order valence-corrected chi connectivity index (χ2v) is 29.0. The second-order valence-electron chi connectivity index (χ2n) is 26.1. The van der Waals surface area contributed by atoms with Gasteiger partial charge in [0.1, 0.15) is 19.3 Å². The van der Waals surface area contributed by atoms with E-state index in [1.54, 1.807) is 0 Å². The average molecular weight is 1330 g/mol. The van der Waals surface area contributed by atoms with Crippen LogP contribution in [0.5, 0.6) is 0 Å². The molecule has 0 aliphatic carbocycles. The third kappa shape index (κ3) is 64.8. The molecule has 0 radical (unpaired) electrons. The van der Waals surface area contributed by atoms with Gasteiger partial charge in [0.15, 0.2) is 12.2 Å². The highest BCUT2D eigenvalue weighted by Gasteiger charge is 2.30. The number of phosphoric ester groups is 2. The number of carbonyl (C=O) groups excluding carboxylic acids is 4. The van der Waals surface area contributed by atoms with Crippen LogP contribution < -0.4 is 0 Å². The molecular formula is C71H138O17P2. The summed E-state index contributed by atoms with van der Waals surface area (Å²) in [7, 11) is -9.89. The molecule has 534 valence electrons. The van der Waals surface area contributed by atoms with Gasteiger partial charge < -0.3 is 33.8 Å². The predicted octanol–water partition coefficient (Wildman–Crippen LogP) is 20.5. The summed E-state index contributed by atoms with van der Waals surface area (Å²) in [5, 5.41) is 10.6. The number of hydrogen-bond acceptors (Lipinski definition) is 15. The van der Waals surface area contributed by atoms with Gasteiger partial charge in [-0.2, -0.15) is 0 Å². The first-order chi connectivity index (χ1) is 43.5. The molecule has 90 heavy (non-hydrogen) atoms. The first-order valence-corrected chi connectivity index (χ1v) is 40.1. The molecule has 3 N–H and O–H groups in total. The van der Waals surface area contributed by atoms with E-state index < -0.39 is 97.5 Å². The number of phosphoric acid groups is 2. The first kappa shape index (κ1) is 88.1. The molecule has 0 aromatic heterocycles. The Balaban J connectivity index is 5.19. The van der Waals surface area contributed by atoms with Crippen molar-refractivity contribution in [3.63, 3.8) is 0 Å². The van der Waals surface area contributed by atoms with Gasteiger partial charge in [-0.3, -0.25) is 37.3 Å². The van der Waals surface area contributed by atoms with Crippen molar-refractivity contribution in [2.75, 3.05) is 39.6 Å². The Bertz CT molecular complexity index is 1740. The summed E-state index contributed by atoms with van der Waals surface area (Å²) >= 11 is 0. The summed E-state index contributed by atoms with van der Waals surface area (Å²) in [5.74, 6) is -1.41. The van der Waals surface area contributed by atoms with Crippen LogP contribution in [0, 0.1) is 5.92 Å². The lowest BCUT2D eigenvalue weighted by atomic mass is 10.0. The SMILES string of the molecule is CCCCCCCCCCCCCCCCCCCCC(=O)O[C@H](COC(=O)CCCCCCCCCCCCCCCC)COP(=O)(O)OC[C@@H](O)COP(=O)(O)OC[C@@H](COC(=O)CCCCCCCCC)OC(=O)CCCCCCCCCCC(C)C. The number of hydrogen-bond donors (Lipinski definition) is 3. The number of esters is 4. The van der Waals surface area contributed by atoms with Crippen molar-refractivity contribution in [2.45, 2.75) is 387 Å². The molecule has 19 heteroatoms. The molecule has 17 nitrogen and oxygen atoms in total. The molecule has 0 rings (SSSR count). The Morgan fingerprint density at radius 1 is 0.300 bits per heavy atom. The van der Waals surface area contributed by atoms with Crippen LogP contribution in [0.4, 0.5) is 0 Å². The van der Waals surface area contributed by atoms with Gasteiger partial charge in [0.05, 0.1) is 26.4 Å². The van der Waals surface area contributed by atoms with Crippen LogP contribution in [0.25, 0.3) is 0 Å². The normalized spacial score (nSPS) is 14.1. The highest BCUT2D eigenvalue weighted by Crippen LogP contribution is 2.45. The lowest BCUT2D eigenvalue weighted by Gasteiger charge is -2.21. The first-order valence-electron chi connectivity index (χ1n) is 37.1. The van der Waals surface area contributed by atoms with E-state index in [-0.39, 0.29) is 25.7 Å². The zero-order valence-corrected chi connectivity index (χ0v) is 60.1. The minimum Gasteiger partial charge on any atom is -0.462 e. The third-order valence-corrected chi connectivity index (χ3v) is 18.4. The van der Waals surface area contributed by atoms with Gasteiger partial charge in [-0.15, -0.1) is 0 Å². The van der Waals surface area contributed by atoms with Crippen molar-refractivity contribution in [3.05, 3.63) is 0 Å². The zero-order valence-electron chi connectivity index (χ0n) is 58.3. The molecule has 0 aliphatic heterocycles. The minimum absolute atomic E-state index is 0.104.